The zero-order valence-electron chi connectivity index (χ0n) is 16.8. The Hall–Kier alpha value is -2.46. The lowest BCUT2D eigenvalue weighted by atomic mass is 9.95. The maximum atomic E-state index is 13.5. The first-order valence-corrected chi connectivity index (χ1v) is 10.4. The summed E-state index contributed by atoms with van der Waals surface area (Å²) >= 11 is 0. The van der Waals surface area contributed by atoms with Crippen LogP contribution < -0.4 is 16.0 Å². The van der Waals surface area contributed by atoms with E-state index >= 15 is 0 Å². The van der Waals surface area contributed by atoms with Gasteiger partial charge >= 0.3 is 6.18 Å². The average Bonchev–Trinajstić information content (AvgIpc) is 3.03. The van der Waals surface area contributed by atoms with Gasteiger partial charge in [-0.15, -0.1) is 0 Å². The molecule has 1 unspecified atom stereocenters. The van der Waals surface area contributed by atoms with Gasteiger partial charge in [0.25, 0.3) is 5.91 Å². The second-order valence-corrected chi connectivity index (χ2v) is 9.14. The maximum absolute atomic E-state index is 13.5. The number of piperidine rings is 2. The van der Waals surface area contributed by atoms with Crippen LogP contribution in [0.25, 0.3) is 0 Å². The molecule has 1 aromatic rings. The van der Waals surface area contributed by atoms with Crippen molar-refractivity contribution in [1.29, 1.82) is 0 Å². The summed E-state index contributed by atoms with van der Waals surface area (Å²) in [4.78, 5) is 37.9. The molecule has 3 atom stereocenters. The summed E-state index contributed by atoms with van der Waals surface area (Å²) in [5, 5.41) is 8.30. The molecular weight excluding hydrogens is 413 g/mol. The highest BCUT2D eigenvalue weighted by Crippen LogP contribution is 2.72. The zero-order valence-corrected chi connectivity index (χ0v) is 16.8. The highest BCUT2D eigenvalue weighted by molar-refractivity contribution is 6.05. The number of nitrogens with one attached hydrogen (secondary N) is 3. The Kier molecular flexibility index (Phi) is 4.46. The Balaban J connectivity index is 1.23. The molecule has 3 fully saturated rings. The molecule has 10 heteroatoms. The average molecular weight is 436 g/mol. The number of benzene rings is 1. The van der Waals surface area contributed by atoms with Gasteiger partial charge < -0.3 is 15.5 Å². The first kappa shape index (κ1) is 20.4. The number of nitrogens with zero attached hydrogens (tertiary/aromatic N) is 1. The van der Waals surface area contributed by atoms with Gasteiger partial charge in [0, 0.05) is 50.1 Å². The molecule has 3 heterocycles. The first-order chi connectivity index (χ1) is 14.7. The van der Waals surface area contributed by atoms with Crippen LogP contribution in [-0.4, -0.2) is 54.5 Å². The van der Waals surface area contributed by atoms with Crippen molar-refractivity contribution in [2.45, 2.75) is 44.6 Å². The fraction of sp³-hybridized carbons (Fsp3) is 0.571. The van der Waals surface area contributed by atoms with Crippen molar-refractivity contribution >= 4 is 17.7 Å². The lowest BCUT2D eigenvalue weighted by Crippen LogP contribution is -2.52. The minimum absolute atomic E-state index is 0.0261. The van der Waals surface area contributed by atoms with Crippen LogP contribution in [0.1, 0.15) is 40.7 Å². The van der Waals surface area contributed by atoms with Gasteiger partial charge in [-0.3, -0.25) is 19.7 Å². The molecule has 2 saturated heterocycles. The fourth-order valence-corrected chi connectivity index (χ4v) is 5.48. The minimum atomic E-state index is -4.21. The quantitative estimate of drug-likeness (QED) is 0.601. The van der Waals surface area contributed by atoms with Crippen LogP contribution >= 0.6 is 0 Å². The van der Waals surface area contributed by atoms with Gasteiger partial charge in [0.15, 0.2) is 0 Å². The molecule has 0 aromatic heterocycles. The summed E-state index contributed by atoms with van der Waals surface area (Å²) in [5.41, 5.74) is -0.307. The van der Waals surface area contributed by atoms with Gasteiger partial charge in [-0.1, -0.05) is 12.1 Å². The molecule has 1 aromatic carbocycles. The summed E-state index contributed by atoms with van der Waals surface area (Å²) in [5.74, 6) is -1.05. The Morgan fingerprint density at radius 3 is 2.71 bits per heavy atom. The molecule has 1 saturated carbocycles. The van der Waals surface area contributed by atoms with E-state index in [2.05, 4.69) is 16.0 Å². The van der Waals surface area contributed by atoms with Crippen LogP contribution in [0.4, 0.5) is 13.2 Å². The van der Waals surface area contributed by atoms with E-state index in [4.69, 9.17) is 0 Å². The van der Waals surface area contributed by atoms with Crippen LogP contribution in [0, 0.1) is 10.8 Å². The van der Waals surface area contributed by atoms with Crippen molar-refractivity contribution in [3.63, 3.8) is 0 Å². The highest BCUT2D eigenvalue weighted by Gasteiger charge is 2.81. The second kappa shape index (κ2) is 6.77. The SMILES string of the molecule is O=C1CCC(N2Cc3ccc(CNC[C@]45CNC[C@@]4(C(F)(F)F)C5)cc3C2=O)C(=O)N1. The molecule has 166 valence electrons. The molecular formula is C21H23F3N4O3. The van der Waals surface area contributed by atoms with Gasteiger partial charge in [-0.2, -0.15) is 13.2 Å². The van der Waals surface area contributed by atoms with Crippen LogP contribution in [-0.2, 0) is 22.7 Å². The number of hydrogen-bond acceptors (Lipinski definition) is 5. The lowest BCUT2D eigenvalue weighted by Gasteiger charge is -2.29. The highest BCUT2D eigenvalue weighted by atomic mass is 19.4. The molecule has 3 aliphatic heterocycles. The lowest BCUT2D eigenvalue weighted by molar-refractivity contribution is -0.190. The molecule has 0 radical (unpaired) electrons. The number of halogens is 3. The largest absolute Gasteiger partial charge is 0.396 e. The smallest absolute Gasteiger partial charge is 0.322 e. The van der Waals surface area contributed by atoms with E-state index in [1.54, 1.807) is 6.07 Å². The van der Waals surface area contributed by atoms with E-state index in [1.165, 1.54) is 4.90 Å². The summed E-state index contributed by atoms with van der Waals surface area (Å²) < 4.78 is 40.4. The minimum Gasteiger partial charge on any atom is -0.322 e. The Morgan fingerprint density at radius 1 is 1.19 bits per heavy atom. The van der Waals surface area contributed by atoms with Gasteiger partial charge in [0.2, 0.25) is 11.8 Å². The van der Waals surface area contributed by atoms with Crippen LogP contribution in [0.2, 0.25) is 0 Å². The normalized spacial score (nSPS) is 32.2. The second-order valence-electron chi connectivity index (χ2n) is 9.14. The predicted octanol–water partition coefficient (Wildman–Crippen LogP) is 1.08. The molecule has 0 spiro atoms. The van der Waals surface area contributed by atoms with E-state index in [1.807, 2.05) is 12.1 Å². The summed E-state index contributed by atoms with van der Waals surface area (Å²) in [6.45, 7) is 1.24. The van der Waals surface area contributed by atoms with Crippen LogP contribution in [0.3, 0.4) is 0 Å². The Morgan fingerprint density at radius 2 is 2.00 bits per heavy atom. The summed E-state index contributed by atoms with van der Waals surface area (Å²) in [7, 11) is 0. The molecule has 3 N–H and O–H groups in total. The van der Waals surface area contributed by atoms with Gasteiger partial charge in [-0.25, -0.2) is 0 Å². The number of imide groups is 1. The number of fused-ring (bicyclic) bond motifs is 2. The number of carbonyl (C=O) groups excluding carboxylic acids is 3. The van der Waals surface area contributed by atoms with E-state index in [0.717, 1.165) is 11.1 Å². The van der Waals surface area contributed by atoms with E-state index < -0.39 is 29.0 Å². The number of rotatable bonds is 5. The summed E-state index contributed by atoms with van der Waals surface area (Å²) in [6.07, 6.45) is -3.57. The summed E-state index contributed by atoms with van der Waals surface area (Å²) in [6, 6.07) is 4.74. The van der Waals surface area contributed by atoms with E-state index in [0.29, 0.717) is 31.6 Å². The van der Waals surface area contributed by atoms with Gasteiger partial charge in [-0.05, 0) is 30.0 Å². The number of hydrogen-bond donors (Lipinski definition) is 3. The molecule has 7 nitrogen and oxygen atoms in total. The predicted molar refractivity (Wildman–Crippen MR) is 103 cm³/mol. The van der Waals surface area contributed by atoms with E-state index in [9.17, 15) is 27.6 Å². The number of alkyl halides is 3. The molecule has 0 bridgehead atoms. The van der Waals surface area contributed by atoms with Crippen molar-refractivity contribution in [3.8, 4) is 0 Å². The van der Waals surface area contributed by atoms with Crippen LogP contribution in [0.5, 0.6) is 0 Å². The van der Waals surface area contributed by atoms with Crippen molar-refractivity contribution in [2.24, 2.45) is 10.8 Å². The molecule has 4 aliphatic rings. The molecule has 3 amide bonds. The molecule has 5 rings (SSSR count). The number of carbonyl (C=O) groups is 3. The zero-order chi connectivity index (χ0) is 22.0. The fourth-order valence-electron chi connectivity index (χ4n) is 5.48. The number of amides is 3. The van der Waals surface area contributed by atoms with Gasteiger partial charge in [0.1, 0.15) is 6.04 Å². The topological polar surface area (TPSA) is 90.5 Å². The van der Waals surface area contributed by atoms with Gasteiger partial charge in [0.05, 0.1) is 5.41 Å². The molecule has 31 heavy (non-hydrogen) atoms. The van der Waals surface area contributed by atoms with Crippen molar-refractivity contribution < 1.29 is 27.6 Å². The Labute approximate surface area is 176 Å². The maximum Gasteiger partial charge on any atom is 0.396 e. The third kappa shape index (κ3) is 3.07. The third-order valence-corrected chi connectivity index (χ3v) is 7.35. The standard InChI is InChI=1S/C21H23F3N4O3/c22-21(23,24)20-8-19(20,10-26-11-20)9-25-6-12-1-2-13-7-28(18(31)14(13)5-12)15-3-4-16(29)27-17(15)30/h1-2,5,15,25-26H,3-4,6-11H2,(H,27,29,30)/t15?,19-,20+/m1/s1. The van der Waals surface area contributed by atoms with E-state index in [-0.39, 0.29) is 37.7 Å². The monoisotopic (exact) mass is 436 g/mol. The van der Waals surface area contributed by atoms with Crippen molar-refractivity contribution in [3.05, 3.63) is 34.9 Å². The van der Waals surface area contributed by atoms with Crippen molar-refractivity contribution in [2.75, 3.05) is 19.6 Å². The Bertz CT molecular complexity index is 981. The third-order valence-electron chi connectivity index (χ3n) is 7.35. The molecule has 1 aliphatic carbocycles. The first-order valence-electron chi connectivity index (χ1n) is 10.4. The van der Waals surface area contributed by atoms with Crippen molar-refractivity contribution in [1.82, 2.24) is 20.9 Å². The van der Waals surface area contributed by atoms with Crippen LogP contribution in [0.15, 0.2) is 18.2 Å².